The molecule has 1 N–H and O–H groups in total. The summed E-state index contributed by atoms with van der Waals surface area (Å²) in [6.45, 7) is 2.76. The van der Waals surface area contributed by atoms with Crippen LogP contribution in [0, 0.1) is 6.92 Å². The molecule has 1 heterocycles. The third kappa shape index (κ3) is 2.26. The van der Waals surface area contributed by atoms with Gasteiger partial charge in [-0.15, -0.1) is 0 Å². The van der Waals surface area contributed by atoms with Crippen molar-refractivity contribution in [3.8, 4) is 0 Å². The van der Waals surface area contributed by atoms with Crippen LogP contribution in [0.1, 0.15) is 30.1 Å². The second-order valence-electron chi connectivity index (χ2n) is 4.15. The molecule has 1 fully saturated rings. The van der Waals surface area contributed by atoms with Gasteiger partial charge in [-0.25, -0.2) is 9.97 Å². The quantitative estimate of drug-likeness (QED) is 0.803. The zero-order chi connectivity index (χ0) is 10.8. The minimum Gasteiger partial charge on any atom is -0.395 e. The second-order valence-corrected chi connectivity index (χ2v) is 4.15. The number of aryl methyl sites for hydroxylation is 1. The molecule has 0 unspecified atom stereocenters. The molecule has 1 saturated carbocycles. The van der Waals surface area contributed by atoms with Crippen molar-refractivity contribution in [2.24, 2.45) is 0 Å². The lowest BCUT2D eigenvalue weighted by Gasteiger charge is -2.19. The number of aliphatic hydroxyl groups is 1. The maximum atomic E-state index is 8.89. The predicted octanol–water partition coefficient (Wildman–Crippen LogP) is 1.09. The normalized spacial score (nSPS) is 15.4. The molecule has 15 heavy (non-hydrogen) atoms. The van der Waals surface area contributed by atoms with E-state index in [9.17, 15) is 0 Å². The number of hydrogen-bond donors (Lipinski definition) is 1. The maximum Gasteiger partial charge on any atom is 0.135 e. The number of nitrogens with zero attached hydrogens (tertiary/aromatic N) is 3. The summed E-state index contributed by atoms with van der Waals surface area (Å²) in [5.74, 6) is 2.48. The van der Waals surface area contributed by atoms with E-state index in [0.29, 0.717) is 12.5 Å². The first-order valence-corrected chi connectivity index (χ1v) is 5.38. The molecule has 82 valence electrons. The standard InChI is InChI=1S/C11H17N3O/c1-8-7-12-10(9-3-4-9)13-11(8)14(2)5-6-15/h7,9,15H,3-6H2,1-2H3. The summed E-state index contributed by atoms with van der Waals surface area (Å²) < 4.78 is 0. The molecule has 0 bridgehead atoms. The lowest BCUT2D eigenvalue weighted by Crippen LogP contribution is -2.23. The Balaban J connectivity index is 2.23. The van der Waals surface area contributed by atoms with Crippen molar-refractivity contribution in [2.45, 2.75) is 25.7 Å². The van der Waals surface area contributed by atoms with E-state index in [-0.39, 0.29) is 6.61 Å². The van der Waals surface area contributed by atoms with E-state index in [2.05, 4.69) is 9.97 Å². The van der Waals surface area contributed by atoms with Crippen LogP contribution in [-0.2, 0) is 0 Å². The number of aromatic nitrogens is 2. The number of rotatable bonds is 4. The SMILES string of the molecule is Cc1cnc(C2CC2)nc1N(C)CCO. The van der Waals surface area contributed by atoms with Gasteiger partial charge >= 0.3 is 0 Å². The van der Waals surface area contributed by atoms with Crippen LogP contribution in [0.4, 0.5) is 5.82 Å². The van der Waals surface area contributed by atoms with E-state index in [1.54, 1.807) is 0 Å². The maximum absolute atomic E-state index is 8.89. The fourth-order valence-corrected chi connectivity index (χ4v) is 1.63. The summed E-state index contributed by atoms with van der Waals surface area (Å²) in [5.41, 5.74) is 1.07. The third-order valence-corrected chi connectivity index (χ3v) is 2.70. The van der Waals surface area contributed by atoms with Crippen molar-refractivity contribution < 1.29 is 5.11 Å². The van der Waals surface area contributed by atoms with Gasteiger partial charge in [0.05, 0.1) is 6.61 Å². The summed E-state index contributed by atoms with van der Waals surface area (Å²) in [7, 11) is 1.95. The molecular weight excluding hydrogens is 190 g/mol. The molecule has 4 nitrogen and oxygen atoms in total. The van der Waals surface area contributed by atoms with E-state index in [1.807, 2.05) is 25.1 Å². The molecule has 1 aliphatic rings. The van der Waals surface area contributed by atoms with Gasteiger partial charge in [0.2, 0.25) is 0 Å². The Morgan fingerprint density at radius 2 is 2.27 bits per heavy atom. The van der Waals surface area contributed by atoms with E-state index in [4.69, 9.17) is 5.11 Å². The average Bonchev–Trinajstić information content (AvgIpc) is 3.02. The zero-order valence-electron chi connectivity index (χ0n) is 9.27. The molecule has 1 aliphatic carbocycles. The Bertz CT molecular complexity index is 350. The van der Waals surface area contributed by atoms with Gasteiger partial charge in [0, 0.05) is 31.3 Å². The molecule has 0 aromatic carbocycles. The van der Waals surface area contributed by atoms with Gasteiger partial charge in [0.1, 0.15) is 11.6 Å². The minimum atomic E-state index is 0.151. The molecule has 0 amide bonds. The van der Waals surface area contributed by atoms with Gasteiger partial charge in [0.15, 0.2) is 0 Å². The third-order valence-electron chi connectivity index (χ3n) is 2.70. The highest BCUT2D eigenvalue weighted by Gasteiger charge is 2.27. The van der Waals surface area contributed by atoms with Crippen molar-refractivity contribution in [3.05, 3.63) is 17.6 Å². The fourth-order valence-electron chi connectivity index (χ4n) is 1.63. The molecule has 0 radical (unpaired) electrons. The molecule has 0 saturated heterocycles. The van der Waals surface area contributed by atoms with Crippen molar-refractivity contribution >= 4 is 5.82 Å². The van der Waals surface area contributed by atoms with Gasteiger partial charge in [-0.1, -0.05) is 0 Å². The molecule has 1 aromatic rings. The van der Waals surface area contributed by atoms with Crippen LogP contribution >= 0.6 is 0 Å². The Morgan fingerprint density at radius 3 is 2.87 bits per heavy atom. The van der Waals surface area contributed by atoms with Crippen LogP contribution in [0.3, 0.4) is 0 Å². The van der Waals surface area contributed by atoms with Crippen LogP contribution in [0.15, 0.2) is 6.20 Å². The molecule has 0 atom stereocenters. The smallest absolute Gasteiger partial charge is 0.135 e. The summed E-state index contributed by atoms with van der Waals surface area (Å²) in [6, 6.07) is 0. The van der Waals surface area contributed by atoms with Gasteiger partial charge in [-0.3, -0.25) is 0 Å². The van der Waals surface area contributed by atoms with Gasteiger partial charge < -0.3 is 10.0 Å². The first-order valence-electron chi connectivity index (χ1n) is 5.38. The lowest BCUT2D eigenvalue weighted by atomic mass is 10.3. The second kappa shape index (κ2) is 4.14. The number of likely N-dealkylation sites (N-methyl/N-ethyl adjacent to an activating group) is 1. The molecule has 0 spiro atoms. The molecular formula is C11H17N3O. The highest BCUT2D eigenvalue weighted by atomic mass is 16.3. The Hall–Kier alpha value is -1.16. The number of hydrogen-bond acceptors (Lipinski definition) is 4. The predicted molar refractivity (Wildman–Crippen MR) is 59.1 cm³/mol. The summed E-state index contributed by atoms with van der Waals surface area (Å²) in [4.78, 5) is 10.9. The average molecular weight is 207 g/mol. The fraction of sp³-hybridized carbons (Fsp3) is 0.636. The molecule has 0 aliphatic heterocycles. The minimum absolute atomic E-state index is 0.151. The highest BCUT2D eigenvalue weighted by molar-refractivity contribution is 5.44. The molecule has 4 heteroatoms. The van der Waals surface area contributed by atoms with Gasteiger partial charge in [-0.2, -0.15) is 0 Å². The lowest BCUT2D eigenvalue weighted by molar-refractivity contribution is 0.303. The first-order chi connectivity index (χ1) is 7.22. The summed E-state index contributed by atoms with van der Waals surface area (Å²) >= 11 is 0. The topological polar surface area (TPSA) is 49.2 Å². The van der Waals surface area contributed by atoms with Crippen LogP contribution in [0.2, 0.25) is 0 Å². The van der Waals surface area contributed by atoms with E-state index < -0.39 is 0 Å². The van der Waals surface area contributed by atoms with Crippen LogP contribution in [-0.4, -0.2) is 35.3 Å². The first kappa shape index (κ1) is 10.4. The van der Waals surface area contributed by atoms with E-state index in [0.717, 1.165) is 17.2 Å². The van der Waals surface area contributed by atoms with Crippen molar-refractivity contribution in [1.29, 1.82) is 0 Å². The Labute approximate surface area is 90.0 Å². The number of anilines is 1. The van der Waals surface area contributed by atoms with Crippen molar-refractivity contribution in [3.63, 3.8) is 0 Å². The highest BCUT2D eigenvalue weighted by Crippen LogP contribution is 2.38. The van der Waals surface area contributed by atoms with Crippen LogP contribution < -0.4 is 4.90 Å². The molecule has 2 rings (SSSR count). The van der Waals surface area contributed by atoms with Gasteiger partial charge in [0.25, 0.3) is 0 Å². The summed E-state index contributed by atoms with van der Waals surface area (Å²) in [5, 5.41) is 8.89. The van der Waals surface area contributed by atoms with Gasteiger partial charge in [-0.05, 0) is 19.8 Å². The molecule has 1 aromatic heterocycles. The Kier molecular flexibility index (Phi) is 2.86. The van der Waals surface area contributed by atoms with Crippen molar-refractivity contribution in [1.82, 2.24) is 9.97 Å². The zero-order valence-corrected chi connectivity index (χ0v) is 9.27. The van der Waals surface area contributed by atoms with Crippen molar-refractivity contribution in [2.75, 3.05) is 25.1 Å². The van der Waals surface area contributed by atoms with Crippen LogP contribution in [0.5, 0.6) is 0 Å². The largest absolute Gasteiger partial charge is 0.395 e. The van der Waals surface area contributed by atoms with Crippen LogP contribution in [0.25, 0.3) is 0 Å². The number of aliphatic hydroxyl groups excluding tert-OH is 1. The summed E-state index contributed by atoms with van der Waals surface area (Å²) in [6.07, 6.45) is 4.31. The van der Waals surface area contributed by atoms with E-state index in [1.165, 1.54) is 12.8 Å². The Morgan fingerprint density at radius 1 is 1.53 bits per heavy atom. The van der Waals surface area contributed by atoms with E-state index >= 15 is 0 Å². The monoisotopic (exact) mass is 207 g/mol.